The van der Waals surface area contributed by atoms with Crippen LogP contribution in [0.3, 0.4) is 0 Å². The number of hydrogen-bond acceptors (Lipinski definition) is 6. The van der Waals surface area contributed by atoms with Gasteiger partial charge in [0.1, 0.15) is 27.8 Å². The maximum Gasteiger partial charge on any atom is 0.330 e. The summed E-state index contributed by atoms with van der Waals surface area (Å²) < 4.78 is 10.3. The number of halogens is 1. The molecule has 25 heavy (non-hydrogen) atoms. The van der Waals surface area contributed by atoms with Crippen molar-refractivity contribution < 1.29 is 19.1 Å². The number of nitrogens with one attached hydrogen (secondary N) is 1. The molecule has 0 spiro atoms. The number of methoxy groups -OCH3 is 1. The Bertz CT molecular complexity index is 771. The number of esters is 1. The highest BCUT2D eigenvalue weighted by Crippen LogP contribution is 2.22. The smallest absolute Gasteiger partial charge is 0.330 e. The van der Waals surface area contributed by atoms with Crippen LogP contribution in [-0.4, -0.2) is 29.5 Å². The van der Waals surface area contributed by atoms with Gasteiger partial charge in [-0.15, -0.1) is 11.3 Å². The highest BCUT2D eigenvalue weighted by molar-refractivity contribution is 7.13. The molecule has 2 aromatic rings. The Morgan fingerprint density at radius 3 is 2.52 bits per heavy atom. The van der Waals surface area contributed by atoms with Crippen molar-refractivity contribution in [1.82, 2.24) is 10.3 Å². The van der Waals surface area contributed by atoms with E-state index in [1.807, 2.05) is 0 Å². The Kier molecular flexibility index (Phi) is 6.02. The molecule has 1 amide bonds. The summed E-state index contributed by atoms with van der Waals surface area (Å²) in [6.45, 7) is 5.14. The predicted octanol–water partition coefficient (Wildman–Crippen LogP) is 3.37. The van der Waals surface area contributed by atoms with Crippen molar-refractivity contribution in [3.05, 3.63) is 44.9 Å². The van der Waals surface area contributed by atoms with Gasteiger partial charge in [0.25, 0.3) is 5.91 Å². The third kappa shape index (κ3) is 4.93. The van der Waals surface area contributed by atoms with Gasteiger partial charge in [-0.2, -0.15) is 0 Å². The van der Waals surface area contributed by atoms with E-state index >= 15 is 0 Å². The molecule has 0 radical (unpaired) electrons. The molecule has 1 aromatic carbocycles. The molecule has 2 rings (SSSR count). The van der Waals surface area contributed by atoms with E-state index in [0.717, 1.165) is 0 Å². The van der Waals surface area contributed by atoms with Crippen LogP contribution < -0.4 is 10.1 Å². The molecule has 1 aromatic heterocycles. The molecule has 0 fully saturated rings. The summed E-state index contributed by atoms with van der Waals surface area (Å²) in [6, 6.07) is 6.99. The molecule has 0 aliphatic carbocycles. The van der Waals surface area contributed by atoms with Crippen molar-refractivity contribution in [1.29, 1.82) is 0 Å². The number of nitrogens with zero attached hydrogens (tertiary/aromatic N) is 1. The van der Waals surface area contributed by atoms with Gasteiger partial charge in [0.15, 0.2) is 0 Å². The van der Waals surface area contributed by atoms with Crippen molar-refractivity contribution in [2.75, 3.05) is 7.11 Å². The molecule has 0 saturated carbocycles. The summed E-state index contributed by atoms with van der Waals surface area (Å²) in [5.74, 6) is -0.229. The molecule has 134 valence electrons. The number of rotatable bonds is 6. The number of ether oxygens (including phenoxy) is 2. The van der Waals surface area contributed by atoms with Gasteiger partial charge in [0, 0.05) is 5.02 Å². The largest absolute Gasteiger partial charge is 0.486 e. The van der Waals surface area contributed by atoms with Crippen molar-refractivity contribution >= 4 is 34.8 Å². The second-order valence-electron chi connectivity index (χ2n) is 5.84. The average Bonchev–Trinajstić information content (AvgIpc) is 2.94. The van der Waals surface area contributed by atoms with E-state index in [1.165, 1.54) is 18.4 Å². The van der Waals surface area contributed by atoms with Gasteiger partial charge in [0.2, 0.25) is 0 Å². The van der Waals surface area contributed by atoms with Gasteiger partial charge in [0.05, 0.1) is 12.8 Å². The van der Waals surface area contributed by atoms with Crippen LogP contribution in [0.1, 0.15) is 34.2 Å². The molecule has 0 atom stereocenters. The zero-order valence-electron chi connectivity index (χ0n) is 14.4. The van der Waals surface area contributed by atoms with E-state index in [1.54, 1.807) is 45.0 Å². The number of hydrogen-bond donors (Lipinski definition) is 1. The van der Waals surface area contributed by atoms with Crippen molar-refractivity contribution in [3.8, 4) is 5.75 Å². The highest BCUT2D eigenvalue weighted by Gasteiger charge is 2.32. The normalized spacial score (nSPS) is 11.1. The Labute approximate surface area is 155 Å². The van der Waals surface area contributed by atoms with Gasteiger partial charge in [-0.05, 0) is 45.0 Å². The first-order valence-corrected chi connectivity index (χ1v) is 8.68. The van der Waals surface area contributed by atoms with Gasteiger partial charge in [-0.25, -0.2) is 9.78 Å². The van der Waals surface area contributed by atoms with Crippen LogP contribution in [0.15, 0.2) is 24.3 Å². The fourth-order valence-electron chi connectivity index (χ4n) is 2.05. The van der Waals surface area contributed by atoms with Gasteiger partial charge < -0.3 is 14.8 Å². The summed E-state index contributed by atoms with van der Waals surface area (Å²) in [7, 11) is 1.28. The first kappa shape index (κ1) is 19.2. The fraction of sp³-hybridized carbons (Fsp3) is 0.353. The van der Waals surface area contributed by atoms with Gasteiger partial charge in [-0.3, -0.25) is 4.79 Å². The van der Waals surface area contributed by atoms with Crippen molar-refractivity contribution in [2.45, 2.75) is 32.9 Å². The van der Waals surface area contributed by atoms with Crippen molar-refractivity contribution in [3.63, 3.8) is 0 Å². The van der Waals surface area contributed by atoms with Crippen LogP contribution in [-0.2, 0) is 16.1 Å². The lowest BCUT2D eigenvalue weighted by Gasteiger charge is -2.22. The van der Waals surface area contributed by atoms with Gasteiger partial charge in [-0.1, -0.05) is 11.6 Å². The lowest BCUT2D eigenvalue weighted by Crippen LogP contribution is -2.50. The number of aromatic nitrogens is 1. The van der Waals surface area contributed by atoms with Crippen LogP contribution >= 0.6 is 22.9 Å². The second-order valence-corrected chi connectivity index (χ2v) is 7.36. The second kappa shape index (κ2) is 7.84. The van der Waals surface area contributed by atoms with E-state index in [-0.39, 0.29) is 12.5 Å². The van der Waals surface area contributed by atoms with Crippen molar-refractivity contribution in [2.24, 2.45) is 0 Å². The first-order chi connectivity index (χ1) is 11.7. The molecule has 0 unspecified atom stereocenters. The first-order valence-electron chi connectivity index (χ1n) is 7.48. The topological polar surface area (TPSA) is 77.5 Å². The van der Waals surface area contributed by atoms with Crippen LogP contribution in [0.4, 0.5) is 0 Å². The maximum absolute atomic E-state index is 12.4. The highest BCUT2D eigenvalue weighted by atomic mass is 35.5. The van der Waals surface area contributed by atoms with E-state index in [9.17, 15) is 9.59 Å². The fourth-order valence-corrected chi connectivity index (χ4v) is 3.05. The van der Waals surface area contributed by atoms with E-state index in [4.69, 9.17) is 16.3 Å². The summed E-state index contributed by atoms with van der Waals surface area (Å²) in [6.07, 6.45) is 0. The zero-order valence-corrected chi connectivity index (χ0v) is 16.0. The molecule has 6 nitrogen and oxygen atoms in total. The number of thiazole rings is 1. The summed E-state index contributed by atoms with van der Waals surface area (Å²) in [4.78, 5) is 28.9. The van der Waals surface area contributed by atoms with E-state index in [2.05, 4.69) is 15.0 Å². The summed E-state index contributed by atoms with van der Waals surface area (Å²) in [5.41, 5.74) is -0.541. The molecule has 0 bridgehead atoms. The Morgan fingerprint density at radius 1 is 1.28 bits per heavy atom. The molecule has 0 aliphatic rings. The molecule has 0 aliphatic heterocycles. The number of aryl methyl sites for hydroxylation is 1. The minimum Gasteiger partial charge on any atom is -0.486 e. The number of carbonyl (C=O) groups is 2. The third-order valence-electron chi connectivity index (χ3n) is 3.34. The van der Waals surface area contributed by atoms with Crippen LogP contribution in [0.5, 0.6) is 5.75 Å². The Hall–Kier alpha value is -2.12. The van der Waals surface area contributed by atoms with Crippen LogP contribution in [0.25, 0.3) is 0 Å². The maximum atomic E-state index is 12.4. The standard InChI is InChI=1S/C17H19ClN2O4S/c1-10-14(15(21)20-17(2,3)16(22)23-4)25-13(19-10)9-24-12-7-5-11(18)6-8-12/h5-8H,9H2,1-4H3,(H,20,21). The monoisotopic (exact) mass is 382 g/mol. The summed E-state index contributed by atoms with van der Waals surface area (Å²) >= 11 is 7.05. The van der Waals surface area contributed by atoms with Gasteiger partial charge >= 0.3 is 5.97 Å². The number of carbonyl (C=O) groups excluding carboxylic acids is 2. The van der Waals surface area contributed by atoms with E-state index in [0.29, 0.717) is 26.4 Å². The lowest BCUT2D eigenvalue weighted by molar-refractivity contribution is -0.146. The number of benzene rings is 1. The van der Waals surface area contributed by atoms with E-state index < -0.39 is 11.5 Å². The summed E-state index contributed by atoms with van der Waals surface area (Å²) in [5, 5.41) is 3.95. The molecule has 1 heterocycles. The third-order valence-corrected chi connectivity index (χ3v) is 4.73. The predicted molar refractivity (Wildman–Crippen MR) is 96.2 cm³/mol. The molecular weight excluding hydrogens is 364 g/mol. The van der Waals surface area contributed by atoms with Crippen LogP contribution in [0, 0.1) is 6.92 Å². The molecule has 1 N–H and O–H groups in total. The Morgan fingerprint density at radius 2 is 1.92 bits per heavy atom. The number of amides is 1. The minimum atomic E-state index is -1.12. The molecule has 0 saturated heterocycles. The zero-order chi connectivity index (χ0) is 18.6. The molecular formula is C17H19ClN2O4S. The quantitative estimate of drug-likeness (QED) is 0.775. The molecule has 8 heteroatoms. The SMILES string of the molecule is COC(=O)C(C)(C)NC(=O)c1sc(COc2ccc(Cl)cc2)nc1C. The average molecular weight is 383 g/mol. The van der Waals surface area contributed by atoms with Crippen LogP contribution in [0.2, 0.25) is 5.02 Å². The lowest BCUT2D eigenvalue weighted by atomic mass is 10.1. The Balaban J connectivity index is 2.05. The minimum absolute atomic E-state index is 0.237.